The van der Waals surface area contributed by atoms with E-state index in [0.29, 0.717) is 11.8 Å². The van der Waals surface area contributed by atoms with Crippen molar-refractivity contribution < 1.29 is 0 Å². The molecule has 1 saturated heterocycles. The Hall–Kier alpha value is -1.03. The Bertz CT molecular complexity index is 626. The van der Waals surface area contributed by atoms with E-state index in [1.165, 1.54) is 42.4 Å². The number of nitrogens with two attached hydrogens (primary N) is 1. The van der Waals surface area contributed by atoms with Crippen LogP contribution < -0.4 is 5.73 Å². The van der Waals surface area contributed by atoms with Crippen LogP contribution in [0.4, 0.5) is 0 Å². The lowest BCUT2D eigenvalue weighted by atomic mass is 9.80. The summed E-state index contributed by atoms with van der Waals surface area (Å²) in [4.78, 5) is 2.41. The summed E-state index contributed by atoms with van der Waals surface area (Å²) in [6, 6.07) is 6.17. The number of aryl methyl sites for hydroxylation is 1. The molecule has 1 aliphatic rings. The number of hydrogen-bond acceptors (Lipinski definition) is 2. The molecular formula is C17H24ClN3. The van der Waals surface area contributed by atoms with E-state index in [9.17, 15) is 0 Å². The van der Waals surface area contributed by atoms with Gasteiger partial charge in [-0.1, -0.05) is 17.7 Å². The van der Waals surface area contributed by atoms with E-state index in [-0.39, 0.29) is 0 Å². The molecule has 114 valence electrons. The molecule has 3 rings (SSSR count). The van der Waals surface area contributed by atoms with E-state index in [4.69, 9.17) is 17.3 Å². The number of hydrogen-bond donors (Lipinski definition) is 1. The fraction of sp³-hybridized carbons (Fsp3) is 0.529. The van der Waals surface area contributed by atoms with Crippen LogP contribution in [0.3, 0.4) is 0 Å². The zero-order valence-corrected chi connectivity index (χ0v) is 13.6. The van der Waals surface area contributed by atoms with Crippen LogP contribution >= 0.6 is 11.6 Å². The Morgan fingerprint density at radius 3 is 2.67 bits per heavy atom. The van der Waals surface area contributed by atoms with Gasteiger partial charge >= 0.3 is 0 Å². The summed E-state index contributed by atoms with van der Waals surface area (Å²) in [5, 5.41) is 2.09. The molecular weight excluding hydrogens is 282 g/mol. The van der Waals surface area contributed by atoms with Gasteiger partial charge in [0.1, 0.15) is 0 Å². The third-order valence-electron chi connectivity index (χ3n) is 4.97. The van der Waals surface area contributed by atoms with E-state index in [1.54, 1.807) is 0 Å². The minimum Gasteiger partial charge on any atom is -0.350 e. The van der Waals surface area contributed by atoms with Crippen LogP contribution in [0.5, 0.6) is 0 Å². The molecule has 1 unspecified atom stereocenters. The second-order valence-electron chi connectivity index (χ2n) is 6.34. The first-order valence-corrected chi connectivity index (χ1v) is 8.11. The second kappa shape index (κ2) is 5.99. The van der Waals surface area contributed by atoms with Crippen molar-refractivity contribution in [1.29, 1.82) is 0 Å². The topological polar surface area (TPSA) is 34.2 Å². The maximum atomic E-state index is 6.15. The van der Waals surface area contributed by atoms with Crippen LogP contribution in [0.2, 0.25) is 5.02 Å². The second-order valence-corrected chi connectivity index (χ2v) is 6.78. The smallest absolute Gasteiger partial charge is 0.0495 e. The lowest BCUT2D eigenvalue weighted by Gasteiger charge is -2.33. The van der Waals surface area contributed by atoms with E-state index >= 15 is 0 Å². The quantitative estimate of drug-likeness (QED) is 0.945. The molecule has 3 nitrogen and oxygen atoms in total. The van der Waals surface area contributed by atoms with Gasteiger partial charge in [0, 0.05) is 35.1 Å². The zero-order chi connectivity index (χ0) is 15.0. The maximum Gasteiger partial charge on any atom is 0.0495 e. The first-order valence-electron chi connectivity index (χ1n) is 7.73. The van der Waals surface area contributed by atoms with Gasteiger partial charge in [0.05, 0.1) is 0 Å². The number of aromatic nitrogens is 1. The molecule has 21 heavy (non-hydrogen) atoms. The van der Waals surface area contributed by atoms with Crippen molar-refractivity contribution in [3.8, 4) is 0 Å². The van der Waals surface area contributed by atoms with Gasteiger partial charge in [-0.2, -0.15) is 0 Å². The van der Waals surface area contributed by atoms with Crippen LogP contribution in [0, 0.1) is 5.92 Å². The van der Waals surface area contributed by atoms with Gasteiger partial charge < -0.3 is 15.2 Å². The fourth-order valence-electron chi connectivity index (χ4n) is 3.69. The van der Waals surface area contributed by atoms with Crippen LogP contribution in [0.25, 0.3) is 10.9 Å². The molecule has 1 fully saturated rings. The standard InChI is InChI=1S/C17H24ClN3/c1-20-7-5-12(6-8-20)15(10-19)16-11-21(2)17-9-13(18)3-4-14(16)17/h3-4,9,11-12,15H,5-8,10,19H2,1-2H3. The number of likely N-dealkylation sites (tertiary alicyclic amines) is 1. The van der Waals surface area contributed by atoms with Crippen molar-refractivity contribution >= 4 is 22.5 Å². The molecule has 0 aliphatic carbocycles. The zero-order valence-electron chi connectivity index (χ0n) is 12.8. The first kappa shape index (κ1) is 14.9. The van der Waals surface area contributed by atoms with Gasteiger partial charge in [-0.15, -0.1) is 0 Å². The van der Waals surface area contributed by atoms with Crippen LogP contribution in [0.1, 0.15) is 24.3 Å². The predicted molar refractivity (Wildman–Crippen MR) is 89.9 cm³/mol. The Morgan fingerprint density at radius 1 is 1.29 bits per heavy atom. The average Bonchev–Trinajstić information content (AvgIpc) is 2.79. The largest absolute Gasteiger partial charge is 0.350 e. The van der Waals surface area contributed by atoms with Gasteiger partial charge in [0.15, 0.2) is 0 Å². The van der Waals surface area contributed by atoms with Crippen LogP contribution in [-0.2, 0) is 7.05 Å². The fourth-order valence-corrected chi connectivity index (χ4v) is 3.85. The normalized spacial score (nSPS) is 19.2. The highest BCUT2D eigenvalue weighted by Crippen LogP contribution is 2.36. The molecule has 2 N–H and O–H groups in total. The molecule has 4 heteroatoms. The number of nitrogens with zero attached hydrogens (tertiary/aromatic N) is 2. The molecule has 2 heterocycles. The lowest BCUT2D eigenvalue weighted by molar-refractivity contribution is 0.199. The van der Waals surface area contributed by atoms with Crippen LogP contribution in [0.15, 0.2) is 24.4 Å². The highest BCUT2D eigenvalue weighted by atomic mass is 35.5. The number of benzene rings is 1. The summed E-state index contributed by atoms with van der Waals surface area (Å²) in [7, 11) is 4.29. The third kappa shape index (κ3) is 2.83. The molecule has 1 aromatic heterocycles. The van der Waals surface area contributed by atoms with Crippen molar-refractivity contribution in [1.82, 2.24) is 9.47 Å². The van der Waals surface area contributed by atoms with Crippen molar-refractivity contribution in [3.63, 3.8) is 0 Å². The Morgan fingerprint density at radius 2 is 2.00 bits per heavy atom. The Balaban J connectivity index is 1.97. The molecule has 1 atom stereocenters. The summed E-state index contributed by atoms with van der Waals surface area (Å²) in [6.45, 7) is 3.08. The predicted octanol–water partition coefficient (Wildman–Crippen LogP) is 3.22. The van der Waals surface area contributed by atoms with Crippen LogP contribution in [-0.4, -0.2) is 36.1 Å². The lowest BCUT2D eigenvalue weighted by Crippen LogP contribution is -2.34. The minimum absolute atomic E-state index is 0.448. The van der Waals surface area contributed by atoms with E-state index in [0.717, 1.165) is 11.6 Å². The van der Waals surface area contributed by atoms with E-state index < -0.39 is 0 Å². The summed E-state index contributed by atoms with van der Waals surface area (Å²) in [6.07, 6.45) is 4.72. The highest BCUT2D eigenvalue weighted by Gasteiger charge is 2.27. The Labute approximate surface area is 131 Å². The van der Waals surface area contributed by atoms with Gasteiger partial charge in [0.2, 0.25) is 0 Å². The first-order chi connectivity index (χ1) is 10.1. The van der Waals surface area contributed by atoms with Crippen molar-refractivity contribution in [2.45, 2.75) is 18.8 Å². The van der Waals surface area contributed by atoms with E-state index in [2.05, 4.69) is 35.8 Å². The average molecular weight is 306 g/mol. The Kier molecular flexibility index (Phi) is 4.25. The SMILES string of the molecule is CN1CCC(C(CN)c2cn(C)c3cc(Cl)ccc23)CC1. The third-order valence-corrected chi connectivity index (χ3v) is 5.20. The molecule has 1 aliphatic heterocycles. The number of halogens is 1. The summed E-state index contributed by atoms with van der Waals surface area (Å²) < 4.78 is 2.17. The molecule has 0 amide bonds. The molecule has 0 radical (unpaired) electrons. The molecule has 2 aromatic rings. The van der Waals surface area contributed by atoms with Gasteiger partial charge in [-0.3, -0.25) is 0 Å². The van der Waals surface area contributed by atoms with Gasteiger partial charge in [-0.25, -0.2) is 0 Å². The minimum atomic E-state index is 0.448. The molecule has 0 saturated carbocycles. The molecule has 0 bridgehead atoms. The molecule has 1 aromatic carbocycles. The maximum absolute atomic E-state index is 6.15. The number of rotatable bonds is 3. The summed E-state index contributed by atoms with van der Waals surface area (Å²) >= 11 is 6.13. The van der Waals surface area contributed by atoms with Gasteiger partial charge in [-0.05, 0) is 63.1 Å². The monoisotopic (exact) mass is 305 g/mol. The summed E-state index contributed by atoms with van der Waals surface area (Å²) in [5.74, 6) is 1.14. The number of fused-ring (bicyclic) bond motifs is 1. The van der Waals surface area contributed by atoms with Crippen molar-refractivity contribution in [2.75, 3.05) is 26.7 Å². The van der Waals surface area contributed by atoms with E-state index in [1.807, 2.05) is 12.1 Å². The number of piperidine rings is 1. The van der Waals surface area contributed by atoms with Crippen molar-refractivity contribution in [2.24, 2.45) is 18.7 Å². The van der Waals surface area contributed by atoms with Crippen molar-refractivity contribution in [3.05, 3.63) is 35.0 Å². The highest BCUT2D eigenvalue weighted by molar-refractivity contribution is 6.31. The summed E-state index contributed by atoms with van der Waals surface area (Å²) in [5.41, 5.74) is 8.74. The molecule has 0 spiro atoms. The van der Waals surface area contributed by atoms with Gasteiger partial charge in [0.25, 0.3) is 0 Å².